The van der Waals surface area contributed by atoms with Gasteiger partial charge < -0.3 is 14.5 Å². The number of ether oxygens (including phenoxy) is 1. The van der Waals surface area contributed by atoms with Gasteiger partial charge in [0.25, 0.3) is 5.91 Å². The van der Waals surface area contributed by atoms with Gasteiger partial charge in [-0.3, -0.25) is 4.79 Å². The van der Waals surface area contributed by atoms with Gasteiger partial charge in [0.05, 0.1) is 0 Å². The molecule has 4 rings (SSSR count). The molecule has 1 amide bonds. The topological polar surface area (TPSA) is 32.8 Å². The van der Waals surface area contributed by atoms with Gasteiger partial charge >= 0.3 is 0 Å². The van der Waals surface area contributed by atoms with E-state index >= 15 is 0 Å². The highest BCUT2D eigenvalue weighted by Crippen LogP contribution is 2.25. The molecule has 0 spiro atoms. The van der Waals surface area contributed by atoms with E-state index < -0.39 is 0 Å². The molecule has 2 aliphatic heterocycles. The summed E-state index contributed by atoms with van der Waals surface area (Å²) in [6.45, 7) is 4.03. The highest BCUT2D eigenvalue weighted by Gasteiger charge is 2.19. The van der Waals surface area contributed by atoms with Crippen LogP contribution in [0.4, 0.5) is 0 Å². The Morgan fingerprint density at radius 3 is 2.50 bits per heavy atom. The van der Waals surface area contributed by atoms with E-state index in [-0.39, 0.29) is 12.5 Å². The van der Waals surface area contributed by atoms with Crippen LogP contribution in [0.2, 0.25) is 0 Å². The fourth-order valence-corrected chi connectivity index (χ4v) is 3.65. The van der Waals surface area contributed by atoms with Crippen molar-refractivity contribution in [1.82, 2.24) is 9.80 Å². The fraction of sp³-hybridized carbons (Fsp3) is 0.450. The summed E-state index contributed by atoms with van der Waals surface area (Å²) in [6.07, 6.45) is 10.8. The largest absolute Gasteiger partial charge is 0.484 e. The number of benzene rings is 1. The number of carbonyl (C=O) groups is 1. The Kier molecular flexibility index (Phi) is 4.28. The highest BCUT2D eigenvalue weighted by molar-refractivity contribution is 5.78. The third kappa shape index (κ3) is 3.18. The van der Waals surface area contributed by atoms with Crippen molar-refractivity contribution in [2.24, 2.45) is 0 Å². The van der Waals surface area contributed by atoms with Crippen LogP contribution in [0.1, 0.15) is 24.0 Å². The standard InChI is InChI=1S/C20H24N2O2/c23-20(22-10-1-2-11-22)15-24-19-7-6-16-8-12-21(18-4-3-5-18)13-9-17(16)14-19/h3-7,14H,1-2,8-13,15H2. The van der Waals surface area contributed by atoms with Crippen molar-refractivity contribution in [1.29, 1.82) is 0 Å². The van der Waals surface area contributed by atoms with Crippen molar-refractivity contribution >= 4 is 5.91 Å². The fourth-order valence-electron chi connectivity index (χ4n) is 3.65. The Morgan fingerprint density at radius 1 is 1.04 bits per heavy atom. The molecule has 0 aromatic heterocycles. The number of carbonyl (C=O) groups excluding carboxylic acids is 1. The van der Waals surface area contributed by atoms with Gasteiger partial charge in [0.2, 0.25) is 0 Å². The van der Waals surface area contributed by atoms with Crippen LogP contribution in [0.3, 0.4) is 0 Å². The van der Waals surface area contributed by atoms with Gasteiger partial charge in [0.1, 0.15) is 5.75 Å². The number of rotatable bonds is 4. The lowest BCUT2D eigenvalue weighted by molar-refractivity contribution is -0.132. The maximum atomic E-state index is 12.1. The van der Waals surface area contributed by atoms with Crippen LogP contribution in [0, 0.1) is 0 Å². The van der Waals surface area contributed by atoms with Crippen molar-refractivity contribution in [3.05, 3.63) is 53.3 Å². The predicted octanol–water partition coefficient (Wildman–Crippen LogP) is 2.54. The first kappa shape index (κ1) is 15.3. The van der Waals surface area contributed by atoms with E-state index in [1.54, 1.807) is 0 Å². The normalized spacial score (nSPS) is 19.4. The Hall–Kier alpha value is -2.23. The molecule has 2 heterocycles. The average Bonchev–Trinajstić information content (AvgIpc) is 3.01. The lowest BCUT2D eigenvalue weighted by Crippen LogP contribution is -2.32. The second-order valence-corrected chi connectivity index (χ2v) is 6.74. The number of nitrogens with zero attached hydrogens (tertiary/aromatic N) is 2. The molecular formula is C20H24N2O2. The van der Waals surface area contributed by atoms with Crippen LogP contribution in [-0.2, 0) is 17.6 Å². The lowest BCUT2D eigenvalue weighted by atomic mass is 10.0. The minimum Gasteiger partial charge on any atom is -0.484 e. The van der Waals surface area contributed by atoms with Crippen LogP contribution < -0.4 is 4.74 Å². The van der Waals surface area contributed by atoms with Gasteiger partial charge in [0, 0.05) is 31.9 Å². The third-order valence-corrected chi connectivity index (χ3v) is 5.20. The maximum Gasteiger partial charge on any atom is 0.260 e. The summed E-state index contributed by atoms with van der Waals surface area (Å²) in [6, 6.07) is 6.30. The number of likely N-dealkylation sites (tertiary alicyclic amines) is 1. The monoisotopic (exact) mass is 324 g/mol. The molecule has 1 aliphatic carbocycles. The van der Waals surface area contributed by atoms with Gasteiger partial charge in [-0.25, -0.2) is 0 Å². The molecule has 1 saturated heterocycles. The van der Waals surface area contributed by atoms with E-state index in [0.29, 0.717) is 0 Å². The Bertz CT molecular complexity index is 687. The van der Waals surface area contributed by atoms with Crippen molar-refractivity contribution in [2.45, 2.75) is 25.7 Å². The van der Waals surface area contributed by atoms with E-state index in [1.165, 1.54) is 16.8 Å². The number of hydrogen-bond donors (Lipinski definition) is 0. The molecule has 4 nitrogen and oxygen atoms in total. The van der Waals surface area contributed by atoms with Crippen molar-refractivity contribution in [3.8, 4) is 5.75 Å². The minimum absolute atomic E-state index is 0.109. The molecule has 0 saturated carbocycles. The number of fused-ring (bicyclic) bond motifs is 1. The molecular weight excluding hydrogens is 300 g/mol. The smallest absolute Gasteiger partial charge is 0.260 e. The summed E-state index contributed by atoms with van der Waals surface area (Å²) in [5, 5.41) is 0. The van der Waals surface area contributed by atoms with Gasteiger partial charge in [-0.2, -0.15) is 0 Å². The van der Waals surface area contributed by atoms with E-state index in [1.807, 2.05) is 11.0 Å². The second kappa shape index (κ2) is 6.71. The summed E-state index contributed by atoms with van der Waals surface area (Å²) in [7, 11) is 0. The first-order valence-corrected chi connectivity index (χ1v) is 8.95. The summed E-state index contributed by atoms with van der Waals surface area (Å²) in [5.41, 5.74) is 4.10. The van der Waals surface area contributed by atoms with Crippen LogP contribution in [0.15, 0.2) is 42.1 Å². The summed E-state index contributed by atoms with van der Waals surface area (Å²) in [4.78, 5) is 16.4. The quantitative estimate of drug-likeness (QED) is 0.853. The first-order valence-electron chi connectivity index (χ1n) is 8.95. The van der Waals surface area contributed by atoms with E-state index in [9.17, 15) is 4.79 Å². The van der Waals surface area contributed by atoms with Gasteiger partial charge in [-0.15, -0.1) is 0 Å². The van der Waals surface area contributed by atoms with Crippen LogP contribution >= 0.6 is 0 Å². The van der Waals surface area contributed by atoms with E-state index in [0.717, 1.165) is 57.6 Å². The summed E-state index contributed by atoms with van der Waals surface area (Å²) >= 11 is 0. The molecule has 24 heavy (non-hydrogen) atoms. The number of allylic oxidation sites excluding steroid dienone is 3. The maximum absolute atomic E-state index is 12.1. The zero-order valence-electron chi connectivity index (χ0n) is 14.0. The minimum atomic E-state index is 0.109. The Balaban J connectivity index is 1.37. The average molecular weight is 324 g/mol. The molecule has 0 atom stereocenters. The third-order valence-electron chi connectivity index (χ3n) is 5.20. The molecule has 1 fully saturated rings. The molecule has 0 bridgehead atoms. The Labute approximate surface area is 143 Å². The molecule has 126 valence electrons. The van der Waals surface area contributed by atoms with E-state index in [4.69, 9.17) is 4.74 Å². The predicted molar refractivity (Wildman–Crippen MR) is 94.0 cm³/mol. The van der Waals surface area contributed by atoms with Gasteiger partial charge in [0.15, 0.2) is 6.61 Å². The van der Waals surface area contributed by atoms with Crippen molar-refractivity contribution in [2.75, 3.05) is 32.8 Å². The first-order chi connectivity index (χ1) is 11.8. The summed E-state index contributed by atoms with van der Waals surface area (Å²) in [5.74, 6) is 0.926. The highest BCUT2D eigenvalue weighted by atomic mass is 16.5. The molecule has 4 heteroatoms. The molecule has 1 aromatic rings. The lowest BCUT2D eigenvalue weighted by Gasteiger charge is -2.26. The van der Waals surface area contributed by atoms with Crippen LogP contribution in [-0.4, -0.2) is 48.5 Å². The van der Waals surface area contributed by atoms with Gasteiger partial charge in [-0.1, -0.05) is 12.1 Å². The Morgan fingerprint density at radius 2 is 1.79 bits per heavy atom. The van der Waals surface area contributed by atoms with Crippen LogP contribution in [0.5, 0.6) is 5.75 Å². The number of hydrogen-bond acceptors (Lipinski definition) is 3. The number of amides is 1. The zero-order chi connectivity index (χ0) is 16.4. The molecule has 0 unspecified atom stereocenters. The van der Waals surface area contributed by atoms with Crippen molar-refractivity contribution in [3.63, 3.8) is 0 Å². The second-order valence-electron chi connectivity index (χ2n) is 6.74. The molecule has 3 aliphatic rings. The molecule has 0 radical (unpaired) electrons. The van der Waals surface area contributed by atoms with Gasteiger partial charge in [-0.05, 0) is 61.1 Å². The SMILES string of the molecule is O=C(COc1ccc2c(c1)CCN(C1=CC=C1)CC2)N1CCCC1. The van der Waals surface area contributed by atoms with Crippen molar-refractivity contribution < 1.29 is 9.53 Å². The summed E-state index contributed by atoms with van der Waals surface area (Å²) < 4.78 is 5.77. The van der Waals surface area contributed by atoms with E-state index in [2.05, 4.69) is 35.3 Å². The molecule has 0 N–H and O–H groups in total. The zero-order valence-corrected chi connectivity index (χ0v) is 14.0. The molecule has 1 aromatic carbocycles. The van der Waals surface area contributed by atoms with Crippen LogP contribution in [0.25, 0.3) is 0 Å².